The second-order valence-corrected chi connectivity index (χ2v) is 10.8. The quantitative estimate of drug-likeness (QED) is 0.378. The molecule has 7 nitrogen and oxygen atoms in total. The van der Waals surface area contributed by atoms with Crippen LogP contribution in [0.2, 0.25) is 5.02 Å². The first-order valence-corrected chi connectivity index (χ1v) is 14.0. The van der Waals surface area contributed by atoms with Crippen LogP contribution in [0.15, 0.2) is 83.8 Å². The molecule has 0 aromatic heterocycles. The number of amides is 2. The van der Waals surface area contributed by atoms with Crippen molar-refractivity contribution < 1.29 is 18.0 Å². The molecular formula is C28H32ClN3O4S. The van der Waals surface area contributed by atoms with E-state index in [0.29, 0.717) is 29.2 Å². The molecule has 2 amide bonds. The number of rotatable bonds is 11. The van der Waals surface area contributed by atoms with Gasteiger partial charge in [0.1, 0.15) is 12.6 Å². The van der Waals surface area contributed by atoms with E-state index in [-0.39, 0.29) is 17.3 Å². The van der Waals surface area contributed by atoms with Crippen molar-refractivity contribution in [2.75, 3.05) is 17.4 Å². The van der Waals surface area contributed by atoms with Crippen LogP contribution < -0.4 is 9.62 Å². The number of nitrogens with one attached hydrogen (secondary N) is 1. The Morgan fingerprint density at radius 1 is 0.919 bits per heavy atom. The van der Waals surface area contributed by atoms with Gasteiger partial charge in [0.05, 0.1) is 10.6 Å². The van der Waals surface area contributed by atoms with Gasteiger partial charge in [-0.05, 0) is 55.7 Å². The summed E-state index contributed by atoms with van der Waals surface area (Å²) in [6.45, 7) is 5.42. The van der Waals surface area contributed by atoms with Gasteiger partial charge in [-0.25, -0.2) is 8.42 Å². The minimum Gasteiger partial charge on any atom is -0.355 e. The van der Waals surface area contributed by atoms with Gasteiger partial charge in [-0.1, -0.05) is 73.1 Å². The van der Waals surface area contributed by atoms with Gasteiger partial charge in [0.2, 0.25) is 11.8 Å². The standard InChI is InChI=1S/C28H32ClN3O4S/c1-4-25(28(34)30-5-2)31(19-22-13-8-6-9-14-22)27(33)20-32(26-18-12-17-24(29)21(26)3)37(35,36)23-15-10-7-11-16-23/h6-18,25H,4-5,19-20H2,1-3H3,(H,30,34)/t25-/m1/s1. The molecule has 3 aromatic carbocycles. The van der Waals surface area contributed by atoms with Crippen LogP contribution in [-0.4, -0.2) is 44.3 Å². The zero-order valence-corrected chi connectivity index (χ0v) is 22.8. The van der Waals surface area contributed by atoms with Crippen LogP contribution >= 0.6 is 11.6 Å². The van der Waals surface area contributed by atoms with Crippen LogP contribution in [0.4, 0.5) is 5.69 Å². The first kappa shape index (κ1) is 28.2. The Morgan fingerprint density at radius 2 is 1.54 bits per heavy atom. The molecule has 3 rings (SSSR count). The number of carbonyl (C=O) groups is 2. The van der Waals surface area contributed by atoms with E-state index in [2.05, 4.69) is 5.32 Å². The summed E-state index contributed by atoms with van der Waals surface area (Å²) in [7, 11) is -4.13. The molecule has 0 saturated carbocycles. The molecular weight excluding hydrogens is 510 g/mol. The first-order valence-electron chi connectivity index (χ1n) is 12.1. The SMILES string of the molecule is CCNC(=O)[C@@H](CC)N(Cc1ccccc1)C(=O)CN(c1cccc(Cl)c1C)S(=O)(=O)c1ccccc1. The van der Waals surface area contributed by atoms with Crippen molar-refractivity contribution in [2.24, 2.45) is 0 Å². The van der Waals surface area contributed by atoms with E-state index < -0.39 is 28.5 Å². The summed E-state index contributed by atoms with van der Waals surface area (Å²) >= 11 is 6.34. The molecule has 9 heteroatoms. The Balaban J connectivity index is 2.08. The lowest BCUT2D eigenvalue weighted by Crippen LogP contribution is -2.52. The van der Waals surface area contributed by atoms with Crippen LogP contribution in [0.3, 0.4) is 0 Å². The molecule has 196 valence electrons. The lowest BCUT2D eigenvalue weighted by atomic mass is 10.1. The summed E-state index contributed by atoms with van der Waals surface area (Å²) in [5, 5.41) is 3.18. The third kappa shape index (κ3) is 6.70. The summed E-state index contributed by atoms with van der Waals surface area (Å²) in [4.78, 5) is 28.4. The number of nitrogens with zero attached hydrogens (tertiary/aromatic N) is 2. The van der Waals surface area contributed by atoms with Crippen molar-refractivity contribution in [3.8, 4) is 0 Å². The van der Waals surface area contributed by atoms with Crippen molar-refractivity contribution in [1.82, 2.24) is 10.2 Å². The lowest BCUT2D eigenvalue weighted by Gasteiger charge is -2.33. The lowest BCUT2D eigenvalue weighted by molar-refractivity contribution is -0.140. The molecule has 1 N–H and O–H groups in total. The summed E-state index contributed by atoms with van der Waals surface area (Å²) in [5.74, 6) is -0.786. The monoisotopic (exact) mass is 541 g/mol. The summed E-state index contributed by atoms with van der Waals surface area (Å²) in [5.41, 5.74) is 1.66. The largest absolute Gasteiger partial charge is 0.355 e. The van der Waals surface area contributed by atoms with Crippen LogP contribution in [0, 0.1) is 6.92 Å². The van der Waals surface area contributed by atoms with E-state index in [0.717, 1.165) is 9.87 Å². The molecule has 0 saturated heterocycles. The molecule has 0 radical (unpaired) electrons. The summed E-state index contributed by atoms with van der Waals surface area (Å²) in [6, 6.07) is 21.4. The highest BCUT2D eigenvalue weighted by Gasteiger charge is 2.34. The molecule has 0 aliphatic carbocycles. The highest BCUT2D eigenvalue weighted by molar-refractivity contribution is 7.92. The zero-order chi connectivity index (χ0) is 27.0. The molecule has 1 atom stereocenters. The minimum atomic E-state index is -4.13. The van der Waals surface area contributed by atoms with Crippen LogP contribution in [0.5, 0.6) is 0 Å². The van der Waals surface area contributed by atoms with Gasteiger partial charge in [-0.3, -0.25) is 13.9 Å². The molecule has 0 spiro atoms. The van der Waals surface area contributed by atoms with Crippen molar-refractivity contribution in [1.29, 1.82) is 0 Å². The number of anilines is 1. The van der Waals surface area contributed by atoms with Gasteiger partial charge in [0.15, 0.2) is 0 Å². The van der Waals surface area contributed by atoms with Gasteiger partial charge in [-0.2, -0.15) is 0 Å². The number of benzene rings is 3. The third-order valence-corrected chi connectivity index (χ3v) is 8.23. The summed E-state index contributed by atoms with van der Waals surface area (Å²) in [6.07, 6.45) is 0.367. The topological polar surface area (TPSA) is 86.8 Å². The molecule has 0 bridgehead atoms. The smallest absolute Gasteiger partial charge is 0.264 e. The molecule has 0 fully saturated rings. The number of carbonyl (C=O) groups excluding carboxylic acids is 2. The molecule has 37 heavy (non-hydrogen) atoms. The van der Waals surface area contributed by atoms with Crippen LogP contribution in [0.1, 0.15) is 31.4 Å². The van der Waals surface area contributed by atoms with E-state index in [9.17, 15) is 18.0 Å². The van der Waals surface area contributed by atoms with E-state index in [1.54, 1.807) is 43.3 Å². The fraction of sp³-hybridized carbons (Fsp3) is 0.286. The van der Waals surface area contributed by atoms with E-state index in [1.807, 2.05) is 44.2 Å². The van der Waals surface area contributed by atoms with Gasteiger partial charge in [0.25, 0.3) is 10.0 Å². The highest BCUT2D eigenvalue weighted by Crippen LogP contribution is 2.31. The van der Waals surface area contributed by atoms with Gasteiger partial charge >= 0.3 is 0 Å². The van der Waals surface area contributed by atoms with Gasteiger partial charge in [-0.15, -0.1) is 0 Å². The predicted octanol–water partition coefficient (Wildman–Crippen LogP) is 4.79. The van der Waals surface area contributed by atoms with Crippen molar-refractivity contribution >= 4 is 39.1 Å². The minimum absolute atomic E-state index is 0.0487. The number of hydrogen-bond donors (Lipinski definition) is 1. The third-order valence-electron chi connectivity index (χ3n) is 6.05. The summed E-state index contributed by atoms with van der Waals surface area (Å²) < 4.78 is 28.7. The second-order valence-electron chi connectivity index (χ2n) is 8.53. The maximum absolute atomic E-state index is 13.9. The Kier molecular flexibility index (Phi) is 9.72. The number of halogens is 1. The van der Waals surface area contributed by atoms with Gasteiger partial charge < -0.3 is 10.2 Å². The molecule has 0 aliphatic rings. The Hall–Kier alpha value is -3.36. The number of likely N-dealkylation sites (N-methyl/N-ethyl adjacent to an activating group) is 1. The normalized spacial score (nSPS) is 12.0. The first-order chi connectivity index (χ1) is 17.7. The van der Waals surface area contributed by atoms with Crippen molar-refractivity contribution in [3.63, 3.8) is 0 Å². The molecule has 0 heterocycles. The van der Waals surface area contributed by atoms with E-state index >= 15 is 0 Å². The van der Waals surface area contributed by atoms with E-state index in [1.165, 1.54) is 17.0 Å². The van der Waals surface area contributed by atoms with Crippen LogP contribution in [-0.2, 0) is 26.2 Å². The van der Waals surface area contributed by atoms with E-state index in [4.69, 9.17) is 11.6 Å². The average molecular weight is 542 g/mol. The maximum Gasteiger partial charge on any atom is 0.264 e. The van der Waals surface area contributed by atoms with Crippen molar-refractivity contribution in [3.05, 3.63) is 95.0 Å². The fourth-order valence-corrected chi connectivity index (χ4v) is 5.75. The highest BCUT2D eigenvalue weighted by atomic mass is 35.5. The van der Waals surface area contributed by atoms with Crippen molar-refractivity contribution in [2.45, 2.75) is 44.7 Å². The fourth-order valence-electron chi connectivity index (χ4n) is 4.09. The molecule has 0 aliphatic heterocycles. The number of sulfonamides is 1. The predicted molar refractivity (Wildman–Crippen MR) is 147 cm³/mol. The molecule has 0 unspecified atom stereocenters. The Morgan fingerprint density at radius 3 is 2.14 bits per heavy atom. The van der Waals surface area contributed by atoms with Gasteiger partial charge in [0, 0.05) is 18.1 Å². The Bertz CT molecular complexity index is 1320. The Labute approximate surface area is 224 Å². The number of hydrogen-bond acceptors (Lipinski definition) is 4. The average Bonchev–Trinajstić information content (AvgIpc) is 2.90. The molecule has 3 aromatic rings. The van der Waals surface area contributed by atoms with Crippen LogP contribution in [0.25, 0.3) is 0 Å². The zero-order valence-electron chi connectivity index (χ0n) is 21.2. The maximum atomic E-state index is 13.9. The second kappa shape index (κ2) is 12.7.